The third kappa shape index (κ3) is 6.11. The first-order valence-corrected chi connectivity index (χ1v) is 17.0. The Balaban J connectivity index is 2.87. The number of unbranched alkanes of at least 4 members (excludes halogenated alkanes) is 3. The summed E-state index contributed by atoms with van der Waals surface area (Å²) in [5.74, 6) is 0. The van der Waals surface area contributed by atoms with E-state index in [0.29, 0.717) is 0 Å². The predicted molar refractivity (Wildman–Crippen MR) is 96.1 cm³/mol. The van der Waals surface area contributed by atoms with Gasteiger partial charge in [-0.2, -0.15) is 0 Å². The Kier molecular flexibility index (Phi) is 10.4. The maximum absolute atomic E-state index is 2.75. The van der Waals surface area contributed by atoms with Gasteiger partial charge in [-0.3, -0.25) is 0 Å². The zero-order chi connectivity index (χ0) is 14.7. The second-order valence-electron chi connectivity index (χ2n) is 6.92. The molecule has 0 atom stereocenters. The van der Waals surface area contributed by atoms with E-state index in [4.69, 9.17) is 0 Å². The SMILES string of the molecule is CCC[CH2][Sn]([CH2]CCC)([CH2]CCC)[C]1=CCCCCC1. The summed E-state index contributed by atoms with van der Waals surface area (Å²) < 4.78 is 7.07. The number of rotatable bonds is 10. The van der Waals surface area contributed by atoms with Crippen LogP contribution in [0.4, 0.5) is 0 Å². The molecule has 0 aromatic rings. The topological polar surface area (TPSA) is 0 Å². The summed E-state index contributed by atoms with van der Waals surface area (Å²) in [4.78, 5) is 0. The van der Waals surface area contributed by atoms with Crippen molar-refractivity contribution in [2.24, 2.45) is 0 Å². The van der Waals surface area contributed by atoms with Crippen LogP contribution < -0.4 is 0 Å². The first kappa shape index (κ1) is 18.6. The van der Waals surface area contributed by atoms with Gasteiger partial charge in [-0.15, -0.1) is 0 Å². The Hall–Kier alpha value is 0.539. The molecule has 20 heavy (non-hydrogen) atoms. The second-order valence-corrected chi connectivity index (χ2v) is 20.3. The van der Waals surface area contributed by atoms with Crippen molar-refractivity contribution in [3.63, 3.8) is 0 Å². The summed E-state index contributed by atoms with van der Waals surface area (Å²) in [7, 11) is 0. The third-order valence-electron chi connectivity index (χ3n) is 5.25. The molecule has 0 aliphatic heterocycles. The summed E-state index contributed by atoms with van der Waals surface area (Å²) >= 11 is -2.00. The molecule has 0 aromatic heterocycles. The average Bonchev–Trinajstić information content (AvgIpc) is 2.76. The molecule has 1 heteroatoms. The zero-order valence-corrected chi connectivity index (χ0v) is 17.3. The molecule has 0 bridgehead atoms. The minimum absolute atomic E-state index is 1.40. The molecule has 0 heterocycles. The van der Waals surface area contributed by atoms with Crippen LogP contribution in [0.25, 0.3) is 0 Å². The van der Waals surface area contributed by atoms with E-state index in [1.807, 2.05) is 0 Å². The van der Waals surface area contributed by atoms with Crippen LogP contribution in [0.2, 0.25) is 13.3 Å². The van der Waals surface area contributed by atoms with Gasteiger partial charge in [0.25, 0.3) is 0 Å². The summed E-state index contributed by atoms with van der Waals surface area (Å²) in [5, 5.41) is 0. The van der Waals surface area contributed by atoms with Gasteiger partial charge >= 0.3 is 133 Å². The first-order chi connectivity index (χ1) is 9.79. The Morgan fingerprint density at radius 1 is 0.800 bits per heavy atom. The van der Waals surface area contributed by atoms with E-state index >= 15 is 0 Å². The fourth-order valence-corrected chi connectivity index (χ4v) is 21.3. The van der Waals surface area contributed by atoms with Crippen molar-refractivity contribution in [1.29, 1.82) is 0 Å². The van der Waals surface area contributed by atoms with Crippen molar-refractivity contribution >= 4 is 18.4 Å². The fourth-order valence-electron chi connectivity index (χ4n) is 3.90. The monoisotopic (exact) mass is 386 g/mol. The van der Waals surface area contributed by atoms with Gasteiger partial charge in [0.1, 0.15) is 0 Å². The predicted octanol–water partition coefficient (Wildman–Crippen LogP) is 7.27. The molecule has 0 aromatic carbocycles. The molecule has 1 aliphatic carbocycles. The van der Waals surface area contributed by atoms with Crippen LogP contribution in [0.5, 0.6) is 0 Å². The van der Waals surface area contributed by atoms with Crippen molar-refractivity contribution in [1.82, 2.24) is 0 Å². The summed E-state index contributed by atoms with van der Waals surface area (Å²) in [6.45, 7) is 7.16. The first-order valence-electron chi connectivity index (χ1n) is 9.48. The molecule has 0 spiro atoms. The Morgan fingerprint density at radius 3 is 1.85 bits per heavy atom. The minimum atomic E-state index is -2.00. The number of allylic oxidation sites excluding steroid dienone is 2. The molecule has 1 aliphatic rings. The molecule has 0 saturated carbocycles. The maximum atomic E-state index is 2.75. The molecule has 0 amide bonds. The molecule has 0 nitrogen and oxygen atoms in total. The van der Waals surface area contributed by atoms with Crippen molar-refractivity contribution in [3.05, 3.63) is 9.67 Å². The van der Waals surface area contributed by atoms with Crippen LogP contribution in [0.1, 0.15) is 91.4 Å². The van der Waals surface area contributed by atoms with Crippen molar-refractivity contribution in [2.75, 3.05) is 0 Å². The Morgan fingerprint density at radius 2 is 1.35 bits per heavy atom. The Labute approximate surface area is 132 Å². The number of hydrogen-bond donors (Lipinski definition) is 0. The second kappa shape index (κ2) is 11.2. The quantitative estimate of drug-likeness (QED) is 0.347. The fraction of sp³-hybridized carbons (Fsp3) is 0.895. The standard InChI is InChI=1S/C7H11.3C4H9.Sn/c1-2-4-6-7-5-3-1;3*1-3-4-2;/h1H,2,4-7H2;3*1,3-4H2,2H3;. The van der Waals surface area contributed by atoms with Gasteiger partial charge in [-0.25, -0.2) is 0 Å². The van der Waals surface area contributed by atoms with E-state index in [9.17, 15) is 0 Å². The Bertz CT molecular complexity index is 245. The van der Waals surface area contributed by atoms with E-state index in [1.165, 1.54) is 70.6 Å². The summed E-state index contributed by atoms with van der Waals surface area (Å²) in [6, 6.07) is 0. The third-order valence-corrected chi connectivity index (χ3v) is 21.7. The molecule has 118 valence electrons. The van der Waals surface area contributed by atoms with E-state index in [1.54, 1.807) is 13.3 Å². The van der Waals surface area contributed by atoms with Gasteiger partial charge in [0.15, 0.2) is 0 Å². The van der Waals surface area contributed by atoms with Crippen LogP contribution in [-0.2, 0) is 0 Å². The van der Waals surface area contributed by atoms with Crippen molar-refractivity contribution < 1.29 is 0 Å². The van der Waals surface area contributed by atoms with Gasteiger partial charge in [0.05, 0.1) is 0 Å². The summed E-state index contributed by atoms with van der Waals surface area (Å²) in [6.07, 6.45) is 18.9. The molecular formula is C19H38Sn. The van der Waals surface area contributed by atoms with Gasteiger partial charge in [-0.05, 0) is 0 Å². The molecule has 0 radical (unpaired) electrons. The zero-order valence-electron chi connectivity index (χ0n) is 14.5. The van der Waals surface area contributed by atoms with Gasteiger partial charge in [0.2, 0.25) is 0 Å². The normalized spacial score (nSPS) is 16.9. The van der Waals surface area contributed by atoms with Crippen molar-refractivity contribution in [2.45, 2.75) is 105 Å². The van der Waals surface area contributed by atoms with Crippen molar-refractivity contribution in [3.8, 4) is 0 Å². The van der Waals surface area contributed by atoms with Gasteiger partial charge < -0.3 is 0 Å². The van der Waals surface area contributed by atoms with Crippen LogP contribution in [-0.4, -0.2) is 18.4 Å². The van der Waals surface area contributed by atoms with E-state index < -0.39 is 18.4 Å². The van der Waals surface area contributed by atoms with Gasteiger partial charge in [-0.1, -0.05) is 0 Å². The van der Waals surface area contributed by atoms with Crippen LogP contribution in [0, 0.1) is 0 Å². The number of hydrogen-bond acceptors (Lipinski definition) is 0. The molecule has 0 unspecified atom stereocenters. The van der Waals surface area contributed by atoms with E-state index in [-0.39, 0.29) is 0 Å². The van der Waals surface area contributed by atoms with Crippen LogP contribution in [0.3, 0.4) is 0 Å². The van der Waals surface area contributed by atoms with E-state index in [2.05, 4.69) is 30.4 Å². The molecule has 1 rings (SSSR count). The van der Waals surface area contributed by atoms with E-state index in [0.717, 1.165) is 0 Å². The molecular weight excluding hydrogens is 347 g/mol. The summed E-state index contributed by atoms with van der Waals surface area (Å²) in [5.41, 5.74) is 0. The average molecular weight is 385 g/mol. The molecule has 0 N–H and O–H groups in total. The van der Waals surface area contributed by atoms with Crippen LogP contribution >= 0.6 is 0 Å². The van der Waals surface area contributed by atoms with Gasteiger partial charge in [0, 0.05) is 0 Å². The molecule has 0 saturated heterocycles. The molecule has 0 fully saturated rings. The van der Waals surface area contributed by atoms with Crippen LogP contribution in [0.15, 0.2) is 9.67 Å².